The van der Waals surface area contributed by atoms with E-state index in [1.54, 1.807) is 0 Å². The Kier molecular flexibility index (Phi) is 6.49. The van der Waals surface area contributed by atoms with Gasteiger partial charge in [-0.3, -0.25) is 0 Å². The van der Waals surface area contributed by atoms with Crippen molar-refractivity contribution >= 4 is 6.03 Å². The van der Waals surface area contributed by atoms with E-state index in [0.717, 1.165) is 31.7 Å². The molecule has 1 unspecified atom stereocenters. The topological polar surface area (TPSA) is 53.6 Å². The Morgan fingerprint density at radius 2 is 2.00 bits per heavy atom. The third kappa shape index (κ3) is 6.04. The van der Waals surface area contributed by atoms with Crippen LogP contribution in [0, 0.1) is 0 Å². The number of ether oxygens (including phenoxy) is 1. The molecule has 1 aliphatic heterocycles. The average Bonchev–Trinajstić information content (AvgIpc) is 2.51. The van der Waals surface area contributed by atoms with Gasteiger partial charge in [0.05, 0.1) is 6.54 Å². The number of urea groups is 1. The Morgan fingerprint density at radius 1 is 1.29 bits per heavy atom. The lowest BCUT2D eigenvalue weighted by Crippen LogP contribution is -2.50. The summed E-state index contributed by atoms with van der Waals surface area (Å²) in [4.78, 5) is 14.1. The number of hydrogen-bond acceptors (Lipinski definition) is 3. The van der Waals surface area contributed by atoms with Crippen molar-refractivity contribution < 1.29 is 9.53 Å². The van der Waals surface area contributed by atoms with E-state index in [-0.39, 0.29) is 17.5 Å². The summed E-state index contributed by atoms with van der Waals surface area (Å²) in [6.45, 7) is 9.56. The predicted molar refractivity (Wildman–Crippen MR) is 97.7 cm³/mol. The highest BCUT2D eigenvalue weighted by atomic mass is 16.5. The zero-order valence-corrected chi connectivity index (χ0v) is 15.4. The zero-order valence-electron chi connectivity index (χ0n) is 15.4. The van der Waals surface area contributed by atoms with E-state index in [2.05, 4.69) is 55.5 Å². The van der Waals surface area contributed by atoms with E-state index in [1.165, 1.54) is 5.56 Å². The maximum absolute atomic E-state index is 11.9. The van der Waals surface area contributed by atoms with Gasteiger partial charge in [0.15, 0.2) is 0 Å². The second-order valence-electron chi connectivity index (χ2n) is 7.62. The van der Waals surface area contributed by atoms with Crippen molar-refractivity contribution in [1.82, 2.24) is 15.5 Å². The van der Waals surface area contributed by atoms with E-state index in [1.807, 2.05) is 12.1 Å². The molecule has 1 fully saturated rings. The zero-order chi connectivity index (χ0) is 17.6. The quantitative estimate of drug-likeness (QED) is 0.815. The van der Waals surface area contributed by atoms with Crippen LogP contribution in [-0.4, -0.2) is 50.3 Å². The first-order valence-corrected chi connectivity index (χ1v) is 8.81. The second kappa shape index (κ2) is 8.38. The number of likely N-dealkylation sites (N-methyl/N-ethyl adjacent to an activating group) is 1. The van der Waals surface area contributed by atoms with Crippen molar-refractivity contribution in [3.8, 4) is 5.75 Å². The highest BCUT2D eigenvalue weighted by Gasteiger charge is 2.18. The van der Waals surface area contributed by atoms with E-state index in [9.17, 15) is 4.79 Å². The maximum Gasteiger partial charge on any atom is 0.315 e. The molecule has 1 heterocycles. The number of rotatable bonds is 5. The molecule has 24 heavy (non-hydrogen) atoms. The van der Waals surface area contributed by atoms with Crippen molar-refractivity contribution in [2.45, 2.75) is 45.1 Å². The molecule has 0 aromatic heterocycles. The van der Waals surface area contributed by atoms with Gasteiger partial charge in [-0.25, -0.2) is 4.79 Å². The van der Waals surface area contributed by atoms with Gasteiger partial charge in [0.1, 0.15) is 12.4 Å². The Morgan fingerprint density at radius 3 is 2.62 bits per heavy atom. The SMILES string of the molecule is CN1CCCC(NC(=O)NCCOc2ccc(C(C)(C)C)cc2)C1. The van der Waals surface area contributed by atoms with Crippen LogP contribution in [0.25, 0.3) is 0 Å². The van der Waals surface area contributed by atoms with Crippen LogP contribution in [0.2, 0.25) is 0 Å². The fourth-order valence-corrected chi connectivity index (χ4v) is 2.91. The largest absolute Gasteiger partial charge is 0.492 e. The summed E-state index contributed by atoms with van der Waals surface area (Å²) >= 11 is 0. The molecule has 1 atom stereocenters. The van der Waals surface area contributed by atoms with Crippen LogP contribution < -0.4 is 15.4 Å². The molecular weight excluding hydrogens is 302 g/mol. The van der Waals surface area contributed by atoms with Crippen LogP contribution in [0.4, 0.5) is 4.79 Å². The predicted octanol–water partition coefficient (Wildman–Crippen LogP) is 2.76. The molecule has 5 heteroatoms. The second-order valence-corrected chi connectivity index (χ2v) is 7.62. The summed E-state index contributed by atoms with van der Waals surface area (Å²) in [5.41, 5.74) is 1.43. The Balaban J connectivity index is 1.64. The Bertz CT molecular complexity index is 522. The van der Waals surface area contributed by atoms with E-state index in [0.29, 0.717) is 13.2 Å². The monoisotopic (exact) mass is 333 g/mol. The number of amides is 2. The molecule has 0 radical (unpaired) electrons. The molecule has 1 aliphatic rings. The lowest BCUT2D eigenvalue weighted by Gasteiger charge is -2.30. The van der Waals surface area contributed by atoms with Gasteiger partial charge in [-0.1, -0.05) is 32.9 Å². The average molecular weight is 333 g/mol. The van der Waals surface area contributed by atoms with Gasteiger partial charge in [-0.05, 0) is 49.5 Å². The minimum Gasteiger partial charge on any atom is -0.492 e. The lowest BCUT2D eigenvalue weighted by molar-refractivity contribution is 0.207. The molecule has 2 N–H and O–H groups in total. The smallest absolute Gasteiger partial charge is 0.315 e. The fourth-order valence-electron chi connectivity index (χ4n) is 2.91. The van der Waals surface area contributed by atoms with E-state index in [4.69, 9.17) is 4.74 Å². The summed E-state index contributed by atoms with van der Waals surface area (Å²) in [5.74, 6) is 0.833. The van der Waals surface area contributed by atoms with Gasteiger partial charge in [0, 0.05) is 12.6 Å². The standard InChI is InChI=1S/C19H31N3O2/c1-19(2,3)15-7-9-17(10-8-15)24-13-11-20-18(23)21-16-6-5-12-22(4)14-16/h7-10,16H,5-6,11-14H2,1-4H3,(H2,20,21,23). The summed E-state index contributed by atoms with van der Waals surface area (Å²) in [6.07, 6.45) is 2.18. The molecular formula is C19H31N3O2. The Hall–Kier alpha value is -1.75. The van der Waals surface area contributed by atoms with Crippen molar-refractivity contribution in [2.24, 2.45) is 0 Å². The number of nitrogens with zero attached hydrogens (tertiary/aromatic N) is 1. The third-order valence-electron chi connectivity index (χ3n) is 4.34. The Labute approximate surface area is 145 Å². The normalized spacial score (nSPS) is 18.9. The van der Waals surface area contributed by atoms with Gasteiger partial charge in [-0.2, -0.15) is 0 Å². The molecule has 134 valence electrons. The van der Waals surface area contributed by atoms with Crippen LogP contribution in [0.1, 0.15) is 39.2 Å². The van der Waals surface area contributed by atoms with Crippen LogP contribution >= 0.6 is 0 Å². The van der Waals surface area contributed by atoms with Crippen LogP contribution in [0.5, 0.6) is 5.75 Å². The van der Waals surface area contributed by atoms with Crippen LogP contribution in [-0.2, 0) is 5.41 Å². The van der Waals surface area contributed by atoms with Gasteiger partial charge in [-0.15, -0.1) is 0 Å². The molecule has 1 aromatic rings. The first-order chi connectivity index (χ1) is 11.3. The molecule has 2 amide bonds. The molecule has 1 aromatic carbocycles. The molecule has 0 aliphatic carbocycles. The molecule has 1 saturated heterocycles. The first-order valence-electron chi connectivity index (χ1n) is 8.81. The summed E-state index contributed by atoms with van der Waals surface area (Å²) in [7, 11) is 2.09. The van der Waals surface area contributed by atoms with E-state index < -0.39 is 0 Å². The van der Waals surface area contributed by atoms with Crippen molar-refractivity contribution in [2.75, 3.05) is 33.3 Å². The van der Waals surface area contributed by atoms with Crippen molar-refractivity contribution in [1.29, 1.82) is 0 Å². The van der Waals surface area contributed by atoms with Crippen molar-refractivity contribution in [3.05, 3.63) is 29.8 Å². The summed E-state index contributed by atoms with van der Waals surface area (Å²) in [6, 6.07) is 8.29. The van der Waals surface area contributed by atoms with Crippen molar-refractivity contribution in [3.63, 3.8) is 0 Å². The summed E-state index contributed by atoms with van der Waals surface area (Å²) in [5, 5.41) is 5.88. The van der Waals surface area contributed by atoms with Gasteiger partial charge < -0.3 is 20.3 Å². The minimum atomic E-state index is -0.109. The number of hydrogen-bond donors (Lipinski definition) is 2. The fraction of sp³-hybridized carbons (Fsp3) is 0.632. The maximum atomic E-state index is 11.9. The summed E-state index contributed by atoms with van der Waals surface area (Å²) < 4.78 is 5.68. The number of piperidine rings is 1. The molecule has 0 spiro atoms. The highest BCUT2D eigenvalue weighted by molar-refractivity contribution is 5.74. The number of carbonyl (C=O) groups excluding carboxylic acids is 1. The molecule has 2 rings (SSSR count). The number of likely N-dealkylation sites (tertiary alicyclic amines) is 1. The van der Waals surface area contributed by atoms with E-state index >= 15 is 0 Å². The molecule has 0 bridgehead atoms. The van der Waals surface area contributed by atoms with Gasteiger partial charge in [0.2, 0.25) is 0 Å². The number of carbonyl (C=O) groups is 1. The highest BCUT2D eigenvalue weighted by Crippen LogP contribution is 2.24. The lowest BCUT2D eigenvalue weighted by atomic mass is 9.87. The molecule has 0 saturated carbocycles. The first kappa shape index (κ1) is 18.6. The van der Waals surface area contributed by atoms with Gasteiger partial charge >= 0.3 is 6.03 Å². The molecule has 5 nitrogen and oxygen atoms in total. The van der Waals surface area contributed by atoms with Crippen LogP contribution in [0.3, 0.4) is 0 Å². The van der Waals surface area contributed by atoms with Crippen LogP contribution in [0.15, 0.2) is 24.3 Å². The number of nitrogens with one attached hydrogen (secondary N) is 2. The third-order valence-corrected chi connectivity index (χ3v) is 4.34. The number of benzene rings is 1. The minimum absolute atomic E-state index is 0.109. The van der Waals surface area contributed by atoms with Gasteiger partial charge in [0.25, 0.3) is 0 Å².